The summed E-state index contributed by atoms with van der Waals surface area (Å²) in [4.78, 5) is 16.5. The van der Waals surface area contributed by atoms with Gasteiger partial charge in [0.1, 0.15) is 0 Å². The first-order valence-electron chi connectivity index (χ1n) is 10.2. The van der Waals surface area contributed by atoms with Crippen LogP contribution in [-0.4, -0.2) is 47.3 Å². The zero-order chi connectivity index (χ0) is 21.8. The molecule has 31 heavy (non-hydrogen) atoms. The van der Waals surface area contributed by atoms with Gasteiger partial charge in [-0.25, -0.2) is 4.79 Å². The standard InChI is InChI=1S/C23H23Cl2N5O/c1-2-16-3-5-17(6-4-16)21-9-10-22(28-27-21)29-11-13-30(14-12-29)23(31)26-18-7-8-19(24)20(25)15-18/h3-10,15H,2,11-14H2,1H3,(H,26,31). The van der Waals surface area contributed by atoms with E-state index < -0.39 is 0 Å². The highest BCUT2D eigenvalue weighted by Crippen LogP contribution is 2.25. The first kappa shape index (κ1) is 21.4. The number of amides is 2. The molecule has 2 aromatic carbocycles. The fourth-order valence-electron chi connectivity index (χ4n) is 3.47. The fraction of sp³-hybridized carbons (Fsp3) is 0.261. The van der Waals surface area contributed by atoms with E-state index in [1.54, 1.807) is 23.1 Å². The second-order valence-electron chi connectivity index (χ2n) is 7.36. The Kier molecular flexibility index (Phi) is 6.59. The molecule has 2 heterocycles. The van der Waals surface area contributed by atoms with Crippen molar-refractivity contribution in [1.29, 1.82) is 0 Å². The highest BCUT2D eigenvalue weighted by atomic mass is 35.5. The molecule has 0 atom stereocenters. The number of carbonyl (C=O) groups excluding carboxylic acids is 1. The molecule has 2 amide bonds. The Morgan fingerprint density at radius 3 is 2.29 bits per heavy atom. The largest absolute Gasteiger partial charge is 0.352 e. The van der Waals surface area contributed by atoms with Crippen molar-refractivity contribution >= 4 is 40.7 Å². The van der Waals surface area contributed by atoms with Crippen molar-refractivity contribution in [1.82, 2.24) is 15.1 Å². The molecule has 1 aliphatic rings. The molecule has 1 aliphatic heterocycles. The van der Waals surface area contributed by atoms with E-state index in [9.17, 15) is 4.79 Å². The maximum atomic E-state index is 12.5. The van der Waals surface area contributed by atoms with Crippen molar-refractivity contribution < 1.29 is 4.79 Å². The van der Waals surface area contributed by atoms with Crippen LogP contribution in [0.25, 0.3) is 11.3 Å². The number of piperazine rings is 1. The summed E-state index contributed by atoms with van der Waals surface area (Å²) < 4.78 is 0. The van der Waals surface area contributed by atoms with Crippen LogP contribution in [0.2, 0.25) is 10.0 Å². The number of aromatic nitrogens is 2. The normalized spacial score (nSPS) is 13.9. The number of benzene rings is 2. The number of nitrogens with zero attached hydrogens (tertiary/aromatic N) is 4. The molecule has 160 valence electrons. The second kappa shape index (κ2) is 9.54. The maximum Gasteiger partial charge on any atom is 0.321 e. The molecular weight excluding hydrogens is 433 g/mol. The van der Waals surface area contributed by atoms with Gasteiger partial charge >= 0.3 is 6.03 Å². The Bertz CT molecular complexity index is 1050. The number of halogens is 2. The lowest BCUT2D eigenvalue weighted by Gasteiger charge is -2.35. The van der Waals surface area contributed by atoms with Crippen LogP contribution in [0.5, 0.6) is 0 Å². The summed E-state index contributed by atoms with van der Waals surface area (Å²) in [6, 6.07) is 17.3. The Balaban J connectivity index is 1.33. The summed E-state index contributed by atoms with van der Waals surface area (Å²) in [6.45, 7) is 4.70. The molecule has 3 aromatic rings. The van der Waals surface area contributed by atoms with E-state index in [1.807, 2.05) is 12.1 Å². The predicted octanol–water partition coefficient (Wildman–Crippen LogP) is 5.37. The van der Waals surface area contributed by atoms with Gasteiger partial charge in [-0.3, -0.25) is 0 Å². The predicted molar refractivity (Wildman–Crippen MR) is 126 cm³/mol. The van der Waals surface area contributed by atoms with E-state index in [1.165, 1.54) is 5.56 Å². The third kappa shape index (κ3) is 5.09. The Hall–Kier alpha value is -2.83. The molecule has 0 spiro atoms. The fourth-order valence-corrected chi connectivity index (χ4v) is 3.77. The lowest BCUT2D eigenvalue weighted by molar-refractivity contribution is 0.208. The molecule has 6 nitrogen and oxygen atoms in total. The quantitative estimate of drug-likeness (QED) is 0.574. The molecule has 8 heteroatoms. The van der Waals surface area contributed by atoms with Crippen molar-refractivity contribution in [3.63, 3.8) is 0 Å². The van der Waals surface area contributed by atoms with E-state index in [2.05, 4.69) is 51.6 Å². The van der Waals surface area contributed by atoms with Crippen LogP contribution in [0.3, 0.4) is 0 Å². The number of nitrogens with one attached hydrogen (secondary N) is 1. The zero-order valence-electron chi connectivity index (χ0n) is 17.2. The average molecular weight is 456 g/mol. The van der Waals surface area contributed by atoms with E-state index in [4.69, 9.17) is 23.2 Å². The van der Waals surface area contributed by atoms with E-state index in [0.717, 1.165) is 23.5 Å². The number of carbonyl (C=O) groups is 1. The van der Waals surface area contributed by atoms with Gasteiger partial charge in [0.15, 0.2) is 5.82 Å². The summed E-state index contributed by atoms with van der Waals surface area (Å²) in [5.41, 5.74) is 3.83. The summed E-state index contributed by atoms with van der Waals surface area (Å²) in [5.74, 6) is 0.818. The van der Waals surface area contributed by atoms with Gasteiger partial charge in [-0.15, -0.1) is 10.2 Å². The first-order valence-corrected chi connectivity index (χ1v) is 11.0. The summed E-state index contributed by atoms with van der Waals surface area (Å²) in [5, 5.41) is 12.5. The van der Waals surface area contributed by atoms with Gasteiger partial charge in [-0.1, -0.05) is 54.4 Å². The van der Waals surface area contributed by atoms with E-state index in [-0.39, 0.29) is 6.03 Å². The van der Waals surface area contributed by atoms with Crippen LogP contribution in [0.15, 0.2) is 54.6 Å². The molecule has 0 radical (unpaired) electrons. The van der Waals surface area contributed by atoms with Gasteiger partial charge in [-0.05, 0) is 42.3 Å². The lowest BCUT2D eigenvalue weighted by Crippen LogP contribution is -2.50. The highest BCUT2D eigenvalue weighted by molar-refractivity contribution is 6.42. The van der Waals surface area contributed by atoms with Crippen molar-refractivity contribution in [3.05, 3.63) is 70.2 Å². The number of hydrogen-bond acceptors (Lipinski definition) is 4. The van der Waals surface area contributed by atoms with Gasteiger partial charge in [0.05, 0.1) is 15.7 Å². The van der Waals surface area contributed by atoms with E-state index >= 15 is 0 Å². The Morgan fingerprint density at radius 1 is 0.935 bits per heavy atom. The number of anilines is 2. The molecule has 1 N–H and O–H groups in total. The highest BCUT2D eigenvalue weighted by Gasteiger charge is 2.22. The Labute approximate surface area is 191 Å². The molecule has 0 aliphatic carbocycles. The minimum Gasteiger partial charge on any atom is -0.352 e. The molecule has 1 aromatic heterocycles. The average Bonchev–Trinajstić information content (AvgIpc) is 2.82. The van der Waals surface area contributed by atoms with Crippen LogP contribution in [0, 0.1) is 0 Å². The lowest BCUT2D eigenvalue weighted by atomic mass is 10.1. The SMILES string of the molecule is CCc1ccc(-c2ccc(N3CCN(C(=O)Nc4ccc(Cl)c(Cl)c4)CC3)nn2)cc1. The van der Waals surface area contributed by atoms with Gasteiger partial charge in [0, 0.05) is 37.4 Å². The van der Waals surface area contributed by atoms with Crippen LogP contribution < -0.4 is 10.2 Å². The topological polar surface area (TPSA) is 61.4 Å². The van der Waals surface area contributed by atoms with Crippen molar-refractivity contribution in [3.8, 4) is 11.3 Å². The third-order valence-electron chi connectivity index (χ3n) is 5.37. The van der Waals surface area contributed by atoms with Gasteiger partial charge in [0.2, 0.25) is 0 Å². The molecule has 0 unspecified atom stereocenters. The van der Waals surface area contributed by atoms with Crippen molar-refractivity contribution in [2.24, 2.45) is 0 Å². The van der Waals surface area contributed by atoms with E-state index in [0.29, 0.717) is 41.9 Å². The Morgan fingerprint density at radius 2 is 1.68 bits per heavy atom. The number of rotatable bonds is 4. The molecule has 1 saturated heterocycles. The summed E-state index contributed by atoms with van der Waals surface area (Å²) in [7, 11) is 0. The van der Waals surface area contributed by atoms with Crippen LogP contribution in [-0.2, 0) is 6.42 Å². The molecule has 1 fully saturated rings. The van der Waals surface area contributed by atoms with Gasteiger partial charge < -0.3 is 15.1 Å². The zero-order valence-corrected chi connectivity index (χ0v) is 18.7. The maximum absolute atomic E-state index is 12.5. The monoisotopic (exact) mass is 455 g/mol. The van der Waals surface area contributed by atoms with Gasteiger partial charge in [0.25, 0.3) is 0 Å². The summed E-state index contributed by atoms with van der Waals surface area (Å²) in [6.07, 6.45) is 1.02. The number of hydrogen-bond donors (Lipinski definition) is 1. The van der Waals surface area contributed by atoms with Crippen LogP contribution in [0.4, 0.5) is 16.3 Å². The minimum atomic E-state index is -0.157. The molecule has 0 saturated carbocycles. The number of aryl methyl sites for hydroxylation is 1. The van der Waals surface area contributed by atoms with Crippen molar-refractivity contribution in [2.75, 3.05) is 36.4 Å². The van der Waals surface area contributed by atoms with Gasteiger partial charge in [-0.2, -0.15) is 0 Å². The molecular formula is C23H23Cl2N5O. The molecule has 4 rings (SSSR count). The van der Waals surface area contributed by atoms with Crippen LogP contribution >= 0.6 is 23.2 Å². The second-order valence-corrected chi connectivity index (χ2v) is 8.17. The summed E-state index contributed by atoms with van der Waals surface area (Å²) >= 11 is 11.9. The minimum absolute atomic E-state index is 0.157. The third-order valence-corrected chi connectivity index (χ3v) is 6.11. The van der Waals surface area contributed by atoms with Crippen LogP contribution in [0.1, 0.15) is 12.5 Å². The molecule has 0 bridgehead atoms. The number of urea groups is 1. The smallest absolute Gasteiger partial charge is 0.321 e. The van der Waals surface area contributed by atoms with Crippen molar-refractivity contribution in [2.45, 2.75) is 13.3 Å². The first-order chi connectivity index (χ1) is 15.0.